The number of phenols is 1. The number of benzene rings is 1. The minimum atomic E-state index is 0.0102. The highest BCUT2D eigenvalue weighted by Gasteiger charge is 2.07. The summed E-state index contributed by atoms with van der Waals surface area (Å²) < 4.78 is 0.531. The van der Waals surface area contributed by atoms with Crippen LogP contribution in [0.1, 0.15) is 5.56 Å². The van der Waals surface area contributed by atoms with E-state index >= 15 is 0 Å². The van der Waals surface area contributed by atoms with E-state index in [9.17, 15) is 5.11 Å². The van der Waals surface area contributed by atoms with Gasteiger partial charge in [-0.3, -0.25) is 5.43 Å². The number of nitrogens with two attached hydrogens (primary N) is 1. The molecule has 0 atom stereocenters. The van der Waals surface area contributed by atoms with Gasteiger partial charge in [0.2, 0.25) is 0 Å². The molecule has 1 aromatic carbocycles. The molecule has 0 unspecified atom stereocenters. The maximum Gasteiger partial charge on any atom is 0.184 e. The minimum absolute atomic E-state index is 0.0102. The summed E-state index contributed by atoms with van der Waals surface area (Å²) in [4.78, 5) is 0. The summed E-state index contributed by atoms with van der Waals surface area (Å²) in [5, 5.41) is 13.7. The number of hydrogen-bond acceptors (Lipinski definition) is 3. The van der Waals surface area contributed by atoms with Crippen molar-refractivity contribution in [3.05, 3.63) is 27.2 Å². The fourth-order valence-electron chi connectivity index (χ4n) is 0.840. The maximum absolute atomic E-state index is 9.63. The van der Waals surface area contributed by atoms with E-state index in [2.05, 4.69) is 38.7 Å². The van der Waals surface area contributed by atoms with E-state index in [1.807, 2.05) is 0 Å². The van der Waals surface area contributed by atoms with Gasteiger partial charge >= 0.3 is 0 Å². The first kappa shape index (κ1) is 12.2. The van der Waals surface area contributed by atoms with Crippen LogP contribution in [0, 0.1) is 0 Å². The van der Waals surface area contributed by atoms with Crippen molar-refractivity contribution in [2.45, 2.75) is 0 Å². The van der Waals surface area contributed by atoms with E-state index in [4.69, 9.17) is 17.3 Å². The van der Waals surface area contributed by atoms with Crippen LogP contribution in [0.3, 0.4) is 0 Å². The summed E-state index contributed by atoms with van der Waals surface area (Å²) in [5.41, 5.74) is 7.91. The third-order valence-electron chi connectivity index (χ3n) is 1.48. The number of rotatable bonds is 2. The molecule has 0 aromatic heterocycles. The van der Waals surface area contributed by atoms with E-state index in [1.165, 1.54) is 6.21 Å². The van der Waals surface area contributed by atoms with Gasteiger partial charge in [-0.2, -0.15) is 5.10 Å². The van der Waals surface area contributed by atoms with Crippen molar-refractivity contribution < 1.29 is 5.11 Å². The predicted molar refractivity (Wildman–Crippen MR) is 68.3 cm³/mol. The Bertz CT molecular complexity index is 425. The van der Waals surface area contributed by atoms with Gasteiger partial charge in [-0.25, -0.2) is 0 Å². The van der Waals surface area contributed by atoms with Crippen LogP contribution < -0.4 is 11.2 Å². The summed E-state index contributed by atoms with van der Waals surface area (Å²) in [6.07, 6.45) is 1.33. The fourth-order valence-corrected chi connectivity index (χ4v) is 1.44. The Morgan fingerprint density at radius 1 is 1.67 bits per heavy atom. The van der Waals surface area contributed by atoms with Crippen molar-refractivity contribution in [2.75, 3.05) is 0 Å². The molecule has 0 spiro atoms. The van der Waals surface area contributed by atoms with Crippen LogP contribution in [0.25, 0.3) is 0 Å². The summed E-state index contributed by atoms with van der Waals surface area (Å²) in [6.45, 7) is 0. The van der Waals surface area contributed by atoms with Gasteiger partial charge in [0, 0.05) is 0 Å². The van der Waals surface area contributed by atoms with E-state index in [0.29, 0.717) is 15.1 Å². The average molecular weight is 309 g/mol. The Morgan fingerprint density at radius 3 is 2.93 bits per heavy atom. The van der Waals surface area contributed by atoms with Crippen LogP contribution in [-0.4, -0.2) is 16.4 Å². The molecule has 1 aromatic rings. The van der Waals surface area contributed by atoms with Gasteiger partial charge in [-0.15, -0.1) is 0 Å². The second-order valence-corrected chi connectivity index (χ2v) is 4.23. The molecular formula is C8H7BrClN3OS. The van der Waals surface area contributed by atoms with E-state index in [1.54, 1.807) is 12.1 Å². The molecule has 0 saturated carbocycles. The van der Waals surface area contributed by atoms with Crippen molar-refractivity contribution in [1.82, 2.24) is 5.43 Å². The van der Waals surface area contributed by atoms with Gasteiger partial charge < -0.3 is 10.8 Å². The molecule has 7 heteroatoms. The number of phenolic OH excluding ortho intramolecular Hbond substituents is 1. The zero-order valence-corrected chi connectivity index (χ0v) is 10.5. The van der Waals surface area contributed by atoms with Crippen molar-refractivity contribution in [2.24, 2.45) is 10.8 Å². The molecule has 15 heavy (non-hydrogen) atoms. The van der Waals surface area contributed by atoms with E-state index in [0.717, 1.165) is 0 Å². The standard InChI is InChI=1S/C8H7BrClN3OS/c9-5-1-2-6(10)4(7(5)14)3-12-13-8(11)15/h1-3,14H,(H3,11,13,15). The average Bonchev–Trinajstić information content (AvgIpc) is 2.17. The number of nitrogens with zero attached hydrogens (tertiary/aromatic N) is 1. The first-order chi connectivity index (χ1) is 7.02. The van der Waals surface area contributed by atoms with Crippen molar-refractivity contribution in [3.8, 4) is 5.75 Å². The molecule has 0 aliphatic carbocycles. The second-order valence-electron chi connectivity index (χ2n) is 2.53. The molecule has 4 nitrogen and oxygen atoms in total. The van der Waals surface area contributed by atoms with Crippen molar-refractivity contribution in [1.29, 1.82) is 0 Å². The van der Waals surface area contributed by atoms with Gasteiger partial charge in [0.15, 0.2) is 5.11 Å². The molecule has 0 aliphatic rings. The number of hydrogen-bond donors (Lipinski definition) is 3. The molecule has 80 valence electrons. The molecule has 0 heterocycles. The number of hydrazone groups is 1. The molecule has 0 aliphatic heterocycles. The van der Waals surface area contributed by atoms with Gasteiger partial charge in [0.05, 0.1) is 21.3 Å². The van der Waals surface area contributed by atoms with Gasteiger partial charge in [0.25, 0.3) is 0 Å². The van der Waals surface area contributed by atoms with Crippen molar-refractivity contribution >= 4 is 51.1 Å². The molecule has 0 bridgehead atoms. The maximum atomic E-state index is 9.63. The Kier molecular flexibility index (Phi) is 4.31. The SMILES string of the molecule is NC(=S)NN=Cc1c(Cl)ccc(Br)c1O. The fraction of sp³-hybridized carbons (Fsp3) is 0. The van der Waals surface area contributed by atoms with Gasteiger partial charge in [-0.05, 0) is 40.3 Å². The van der Waals surface area contributed by atoms with Crippen LogP contribution in [0.5, 0.6) is 5.75 Å². The molecule has 0 saturated heterocycles. The lowest BCUT2D eigenvalue weighted by molar-refractivity contribution is 0.471. The lowest BCUT2D eigenvalue weighted by Crippen LogP contribution is -2.24. The minimum Gasteiger partial charge on any atom is -0.506 e. The van der Waals surface area contributed by atoms with Crippen molar-refractivity contribution in [3.63, 3.8) is 0 Å². The molecule has 0 fully saturated rings. The molecule has 4 N–H and O–H groups in total. The first-order valence-electron chi connectivity index (χ1n) is 3.78. The van der Waals surface area contributed by atoms with Crippen LogP contribution in [0.4, 0.5) is 0 Å². The quantitative estimate of drug-likeness (QED) is 0.444. The highest BCUT2D eigenvalue weighted by molar-refractivity contribution is 9.10. The van der Waals surface area contributed by atoms with Gasteiger partial charge in [-0.1, -0.05) is 11.6 Å². The Balaban J connectivity index is 2.98. The lowest BCUT2D eigenvalue weighted by Gasteiger charge is -2.03. The second kappa shape index (κ2) is 5.29. The normalized spacial score (nSPS) is 10.5. The highest BCUT2D eigenvalue weighted by atomic mass is 79.9. The Hall–Kier alpha value is -0.850. The third kappa shape index (κ3) is 3.33. The Labute approximate surface area is 105 Å². The first-order valence-corrected chi connectivity index (χ1v) is 5.35. The van der Waals surface area contributed by atoms with Crippen LogP contribution in [0.2, 0.25) is 5.02 Å². The largest absolute Gasteiger partial charge is 0.506 e. The molecule has 1 rings (SSSR count). The molecule has 0 amide bonds. The third-order valence-corrected chi connectivity index (χ3v) is 2.54. The highest BCUT2D eigenvalue weighted by Crippen LogP contribution is 2.31. The summed E-state index contributed by atoms with van der Waals surface area (Å²) in [7, 11) is 0. The topological polar surface area (TPSA) is 70.6 Å². The summed E-state index contributed by atoms with van der Waals surface area (Å²) >= 11 is 13.6. The van der Waals surface area contributed by atoms with E-state index < -0.39 is 0 Å². The smallest absolute Gasteiger partial charge is 0.184 e. The van der Waals surface area contributed by atoms with Crippen LogP contribution in [0.15, 0.2) is 21.7 Å². The zero-order valence-electron chi connectivity index (χ0n) is 7.37. The van der Waals surface area contributed by atoms with E-state index in [-0.39, 0.29) is 10.9 Å². The van der Waals surface area contributed by atoms with Crippen LogP contribution >= 0.6 is 39.7 Å². The molecule has 0 radical (unpaired) electrons. The predicted octanol–water partition coefficient (Wildman–Crippen LogP) is 1.98. The summed E-state index contributed by atoms with van der Waals surface area (Å²) in [6, 6.07) is 3.27. The Morgan fingerprint density at radius 2 is 2.33 bits per heavy atom. The van der Waals surface area contributed by atoms with Gasteiger partial charge in [0.1, 0.15) is 5.75 Å². The van der Waals surface area contributed by atoms with Crippen LogP contribution in [-0.2, 0) is 0 Å². The summed E-state index contributed by atoms with van der Waals surface area (Å²) in [5.74, 6) is 0.0102. The monoisotopic (exact) mass is 307 g/mol. The number of thiocarbonyl (C=S) groups is 1. The number of halogens is 2. The molecular weight excluding hydrogens is 302 g/mol. The number of nitrogens with one attached hydrogen (secondary N) is 1. The zero-order chi connectivity index (χ0) is 11.4. The lowest BCUT2D eigenvalue weighted by atomic mass is 10.2. The number of aromatic hydroxyl groups is 1.